The fraction of sp³-hybridized carbons (Fsp3) is 0.875. The number of nitrogens with zero attached hydrogens (tertiary/aromatic N) is 2. The zero-order valence-electron chi connectivity index (χ0n) is 12.5. The Kier molecular flexibility index (Phi) is 3.29. The average molecular weight is 275 g/mol. The van der Waals surface area contributed by atoms with E-state index in [1.165, 1.54) is 12.8 Å². The molecule has 4 atom stereocenters. The Bertz CT molecular complexity index is 447. The van der Waals surface area contributed by atoms with Crippen LogP contribution in [0.15, 0.2) is 0 Å². The Hall–Kier alpha value is -1.08. The molecule has 4 heteroatoms. The summed E-state index contributed by atoms with van der Waals surface area (Å²) in [5, 5.41) is 9.26. The van der Waals surface area contributed by atoms with E-state index in [0.29, 0.717) is 17.9 Å². The van der Waals surface area contributed by atoms with Gasteiger partial charge in [0.1, 0.15) is 6.04 Å². The third-order valence-electron chi connectivity index (χ3n) is 6.08. The van der Waals surface area contributed by atoms with Crippen LogP contribution in [0.3, 0.4) is 0 Å². The van der Waals surface area contributed by atoms with Gasteiger partial charge in [0.2, 0.25) is 5.91 Å². The summed E-state index contributed by atoms with van der Waals surface area (Å²) < 4.78 is 0. The monoisotopic (exact) mass is 275 g/mol. The van der Waals surface area contributed by atoms with E-state index >= 15 is 0 Å². The van der Waals surface area contributed by atoms with Gasteiger partial charge in [0, 0.05) is 6.04 Å². The van der Waals surface area contributed by atoms with Gasteiger partial charge in [-0.2, -0.15) is 5.26 Å². The predicted octanol–water partition coefficient (Wildman–Crippen LogP) is 2.04. The van der Waals surface area contributed by atoms with E-state index in [9.17, 15) is 10.1 Å². The maximum absolute atomic E-state index is 12.9. The summed E-state index contributed by atoms with van der Waals surface area (Å²) in [6, 6.07) is 1.94. The van der Waals surface area contributed by atoms with Crippen LogP contribution in [0, 0.1) is 28.6 Å². The number of fused-ring (bicyclic) bond motifs is 1. The second-order valence-electron chi connectivity index (χ2n) is 7.26. The summed E-state index contributed by atoms with van der Waals surface area (Å²) >= 11 is 0. The molecule has 0 spiro atoms. The highest BCUT2D eigenvalue weighted by atomic mass is 16.2. The van der Waals surface area contributed by atoms with Gasteiger partial charge in [-0.1, -0.05) is 26.7 Å². The van der Waals surface area contributed by atoms with E-state index in [-0.39, 0.29) is 17.4 Å². The molecule has 0 aromatic heterocycles. The minimum atomic E-state index is -0.430. The molecule has 2 N–H and O–H groups in total. The van der Waals surface area contributed by atoms with Crippen molar-refractivity contribution in [2.75, 3.05) is 0 Å². The number of nitriles is 1. The van der Waals surface area contributed by atoms with Crippen molar-refractivity contribution in [3.05, 3.63) is 0 Å². The molecule has 0 radical (unpaired) electrons. The Morgan fingerprint density at radius 2 is 2.00 bits per heavy atom. The molecule has 20 heavy (non-hydrogen) atoms. The lowest BCUT2D eigenvalue weighted by molar-refractivity contribution is -0.137. The lowest BCUT2D eigenvalue weighted by atomic mass is 9.69. The summed E-state index contributed by atoms with van der Waals surface area (Å²) in [5.74, 6) is 1.02. The van der Waals surface area contributed by atoms with Crippen molar-refractivity contribution in [2.24, 2.45) is 23.0 Å². The predicted molar refractivity (Wildman–Crippen MR) is 76.5 cm³/mol. The Morgan fingerprint density at radius 3 is 2.55 bits per heavy atom. The highest BCUT2D eigenvalue weighted by Crippen LogP contribution is 2.51. The van der Waals surface area contributed by atoms with Crippen molar-refractivity contribution in [3.63, 3.8) is 0 Å². The van der Waals surface area contributed by atoms with Gasteiger partial charge in [-0.15, -0.1) is 0 Å². The lowest BCUT2D eigenvalue weighted by Crippen LogP contribution is -2.56. The molecule has 110 valence electrons. The van der Waals surface area contributed by atoms with Crippen LogP contribution in [-0.2, 0) is 4.79 Å². The molecule has 1 saturated heterocycles. The molecule has 1 heterocycles. The van der Waals surface area contributed by atoms with Gasteiger partial charge in [0.15, 0.2) is 0 Å². The second-order valence-corrected chi connectivity index (χ2v) is 7.26. The molecule has 3 rings (SSSR count). The molecule has 1 amide bonds. The van der Waals surface area contributed by atoms with Crippen molar-refractivity contribution in [3.8, 4) is 6.07 Å². The van der Waals surface area contributed by atoms with Crippen LogP contribution in [-0.4, -0.2) is 28.9 Å². The number of nitrogens with two attached hydrogens (primary N) is 1. The van der Waals surface area contributed by atoms with Crippen molar-refractivity contribution in [2.45, 2.75) is 70.5 Å². The summed E-state index contributed by atoms with van der Waals surface area (Å²) in [6.07, 6.45) is 6.38. The minimum Gasteiger partial charge on any atom is -0.322 e. The standard InChI is InChI=1S/C16H25N3O/c1-10(2)16(5-3-4-6-16)14(18)15(20)19-12(9-17)7-11-8-13(11)19/h10-14H,3-8,18H2,1-2H3/t11-,12+,13+,14-/m1/s1. The van der Waals surface area contributed by atoms with Gasteiger partial charge in [-0.05, 0) is 42.9 Å². The largest absolute Gasteiger partial charge is 0.322 e. The molecule has 1 aliphatic heterocycles. The van der Waals surface area contributed by atoms with Gasteiger partial charge in [0.05, 0.1) is 12.1 Å². The van der Waals surface area contributed by atoms with Crippen molar-refractivity contribution in [1.82, 2.24) is 4.90 Å². The van der Waals surface area contributed by atoms with E-state index in [1.54, 1.807) is 0 Å². The Balaban J connectivity index is 1.81. The van der Waals surface area contributed by atoms with E-state index in [4.69, 9.17) is 5.73 Å². The van der Waals surface area contributed by atoms with E-state index in [2.05, 4.69) is 19.9 Å². The number of amides is 1. The number of likely N-dealkylation sites (tertiary alicyclic amines) is 1. The highest BCUT2D eigenvalue weighted by molar-refractivity contribution is 5.84. The molecule has 3 fully saturated rings. The first-order valence-corrected chi connectivity index (χ1v) is 7.98. The van der Waals surface area contributed by atoms with Gasteiger partial charge in [-0.3, -0.25) is 4.79 Å². The molecule has 0 aromatic rings. The maximum Gasteiger partial charge on any atom is 0.241 e. The van der Waals surface area contributed by atoms with Gasteiger partial charge in [-0.25, -0.2) is 0 Å². The first kappa shape index (κ1) is 13.9. The molecular weight excluding hydrogens is 250 g/mol. The molecule has 0 aromatic carbocycles. The van der Waals surface area contributed by atoms with Gasteiger partial charge >= 0.3 is 0 Å². The van der Waals surface area contributed by atoms with Crippen molar-refractivity contribution >= 4 is 5.91 Å². The first-order chi connectivity index (χ1) is 9.51. The highest BCUT2D eigenvalue weighted by Gasteiger charge is 2.57. The normalized spacial score (nSPS) is 35.8. The molecular formula is C16H25N3O. The number of piperidine rings is 1. The van der Waals surface area contributed by atoms with Crippen LogP contribution in [0.5, 0.6) is 0 Å². The van der Waals surface area contributed by atoms with Crippen LogP contribution in [0.4, 0.5) is 0 Å². The SMILES string of the molecule is CC(C)C1([C@H](N)C(=O)N2[C@H](C#N)C[C@@H]3C[C@@H]32)CCCC1. The Labute approximate surface area is 121 Å². The number of carbonyl (C=O) groups excluding carboxylic acids is 1. The fourth-order valence-electron chi connectivity index (χ4n) is 4.58. The minimum absolute atomic E-state index is 0.0390. The van der Waals surface area contributed by atoms with Crippen LogP contribution in [0.2, 0.25) is 0 Å². The van der Waals surface area contributed by atoms with Crippen LogP contribution in [0.25, 0.3) is 0 Å². The molecule has 2 aliphatic carbocycles. The van der Waals surface area contributed by atoms with Crippen LogP contribution in [0.1, 0.15) is 52.4 Å². The number of hydrogen-bond donors (Lipinski definition) is 1. The van der Waals surface area contributed by atoms with Crippen molar-refractivity contribution < 1.29 is 4.79 Å². The quantitative estimate of drug-likeness (QED) is 0.857. The van der Waals surface area contributed by atoms with E-state index in [1.807, 2.05) is 4.90 Å². The third kappa shape index (κ3) is 1.87. The lowest BCUT2D eigenvalue weighted by Gasteiger charge is -2.40. The van der Waals surface area contributed by atoms with Crippen LogP contribution < -0.4 is 5.73 Å². The number of rotatable bonds is 3. The summed E-state index contributed by atoms with van der Waals surface area (Å²) in [4.78, 5) is 14.7. The molecule has 2 saturated carbocycles. The summed E-state index contributed by atoms with van der Waals surface area (Å²) in [7, 11) is 0. The smallest absolute Gasteiger partial charge is 0.241 e. The first-order valence-electron chi connectivity index (χ1n) is 7.98. The van der Waals surface area contributed by atoms with E-state index < -0.39 is 6.04 Å². The van der Waals surface area contributed by atoms with Crippen molar-refractivity contribution in [1.29, 1.82) is 5.26 Å². The fourth-order valence-corrected chi connectivity index (χ4v) is 4.58. The topological polar surface area (TPSA) is 70.1 Å². The van der Waals surface area contributed by atoms with Gasteiger partial charge in [0.25, 0.3) is 0 Å². The summed E-state index contributed by atoms with van der Waals surface area (Å²) in [6.45, 7) is 4.37. The zero-order chi connectivity index (χ0) is 14.5. The molecule has 3 aliphatic rings. The maximum atomic E-state index is 12.9. The molecule has 0 bridgehead atoms. The van der Waals surface area contributed by atoms with Gasteiger partial charge < -0.3 is 10.6 Å². The number of carbonyl (C=O) groups is 1. The number of hydrogen-bond acceptors (Lipinski definition) is 3. The Morgan fingerprint density at radius 1 is 1.35 bits per heavy atom. The molecule has 4 nitrogen and oxygen atoms in total. The average Bonchev–Trinajstić information content (AvgIpc) is 2.91. The zero-order valence-corrected chi connectivity index (χ0v) is 12.5. The third-order valence-corrected chi connectivity index (χ3v) is 6.08. The summed E-state index contributed by atoms with van der Waals surface area (Å²) in [5.41, 5.74) is 6.38. The molecule has 0 unspecified atom stereocenters. The van der Waals surface area contributed by atoms with E-state index in [0.717, 1.165) is 25.7 Å². The van der Waals surface area contributed by atoms with Crippen LogP contribution >= 0.6 is 0 Å². The second kappa shape index (κ2) is 4.73.